The smallest absolute Gasteiger partial charge is 0.159 e. The van der Waals surface area contributed by atoms with E-state index in [1.165, 1.54) is 19.3 Å². The maximum atomic E-state index is 10.2. The number of hydrogen-bond acceptors (Lipinski definition) is 4. The second-order valence-corrected chi connectivity index (χ2v) is 4.80. The van der Waals surface area contributed by atoms with E-state index < -0.39 is 10.3 Å². The number of likely N-dealkylation sites (tertiary alicyclic amines) is 1. The van der Waals surface area contributed by atoms with Crippen molar-refractivity contribution < 1.29 is 13.0 Å². The van der Waals surface area contributed by atoms with Gasteiger partial charge in [-0.3, -0.25) is 0 Å². The van der Waals surface area contributed by atoms with Crippen LogP contribution in [0.5, 0.6) is 0 Å². The molecule has 0 atom stereocenters. The molecule has 6 heteroatoms. The van der Waals surface area contributed by atoms with Crippen molar-refractivity contribution in [3.63, 3.8) is 0 Å². The summed E-state index contributed by atoms with van der Waals surface area (Å²) in [5, 5.41) is 0. The molecule has 0 radical (unpaired) electrons. The van der Waals surface area contributed by atoms with Gasteiger partial charge in [0.2, 0.25) is 0 Å². The molecule has 1 heterocycles. The molecule has 1 rings (SSSR count). The third-order valence-corrected chi connectivity index (χ3v) is 2.94. The average molecular weight is 221 g/mol. The first kappa shape index (κ1) is 11.9. The zero-order chi connectivity index (χ0) is 10.4. The van der Waals surface area contributed by atoms with Crippen molar-refractivity contribution in [1.29, 1.82) is 0 Å². The van der Waals surface area contributed by atoms with Crippen LogP contribution >= 0.6 is 0 Å². The number of rotatable bonds is 5. The predicted molar refractivity (Wildman–Crippen MR) is 52.6 cm³/mol. The normalized spacial score (nSPS) is 19.8. The van der Waals surface area contributed by atoms with Gasteiger partial charge in [0, 0.05) is 6.54 Å². The Balaban J connectivity index is 2.03. The van der Waals surface area contributed by atoms with Gasteiger partial charge in [-0.2, -0.15) is 0 Å². The van der Waals surface area contributed by atoms with Crippen LogP contribution in [0.4, 0.5) is 0 Å². The van der Waals surface area contributed by atoms with Crippen LogP contribution in [-0.2, 0) is 10.3 Å². The van der Waals surface area contributed by atoms with Crippen LogP contribution in [0.25, 0.3) is 0 Å². The molecule has 84 valence electrons. The molecule has 1 N–H and O–H groups in total. The summed E-state index contributed by atoms with van der Waals surface area (Å²) in [6.07, 6.45) is 4.46. The molecule has 0 unspecified atom stereocenters. The second-order valence-electron chi connectivity index (χ2n) is 3.60. The van der Waals surface area contributed by atoms with Gasteiger partial charge in [0.05, 0.1) is 0 Å². The van der Waals surface area contributed by atoms with E-state index in [2.05, 4.69) is 4.90 Å². The standard InChI is InChI=1S/C8H18N2O3S/c11-14(12,13)9-5-4-8-10-6-2-1-3-7-10/h9H,1-8H2,(H,11,12,13)/p-1. The Bertz CT molecular complexity index is 247. The molecule has 0 aromatic rings. The lowest BCUT2D eigenvalue weighted by atomic mass is 10.1. The quantitative estimate of drug-likeness (QED) is 0.520. The van der Waals surface area contributed by atoms with Crippen molar-refractivity contribution in [3.05, 3.63) is 0 Å². The highest BCUT2D eigenvalue weighted by Crippen LogP contribution is 2.08. The van der Waals surface area contributed by atoms with Gasteiger partial charge < -0.3 is 9.45 Å². The zero-order valence-electron chi connectivity index (χ0n) is 8.24. The van der Waals surface area contributed by atoms with Crippen molar-refractivity contribution in [2.24, 2.45) is 0 Å². The average Bonchev–Trinajstić information content (AvgIpc) is 2.13. The van der Waals surface area contributed by atoms with Crippen LogP contribution in [0.15, 0.2) is 0 Å². The Morgan fingerprint density at radius 1 is 1.21 bits per heavy atom. The predicted octanol–water partition coefficient (Wildman–Crippen LogP) is -0.0878. The first-order valence-electron chi connectivity index (χ1n) is 5.01. The fraction of sp³-hybridized carbons (Fsp3) is 1.00. The van der Waals surface area contributed by atoms with Crippen LogP contribution in [-0.4, -0.2) is 44.0 Å². The first-order valence-corrected chi connectivity index (χ1v) is 6.41. The highest BCUT2D eigenvalue weighted by atomic mass is 32.2. The summed E-state index contributed by atoms with van der Waals surface area (Å²) in [5.41, 5.74) is 0. The summed E-state index contributed by atoms with van der Waals surface area (Å²) in [6.45, 7) is 3.33. The summed E-state index contributed by atoms with van der Waals surface area (Å²) in [6, 6.07) is 0. The molecule has 1 aliphatic rings. The fourth-order valence-corrected chi connectivity index (χ4v) is 2.08. The van der Waals surface area contributed by atoms with Gasteiger partial charge in [-0.1, -0.05) is 6.42 Å². The Morgan fingerprint density at radius 3 is 2.43 bits per heavy atom. The molecule has 0 amide bonds. The van der Waals surface area contributed by atoms with Gasteiger partial charge in [0.1, 0.15) is 0 Å². The molecular weight excluding hydrogens is 204 g/mol. The highest BCUT2D eigenvalue weighted by Gasteiger charge is 2.08. The minimum absolute atomic E-state index is 0.252. The summed E-state index contributed by atoms with van der Waals surface area (Å²) in [5.74, 6) is 0. The molecular formula is C8H17N2O3S-. The van der Waals surface area contributed by atoms with E-state index in [1.807, 2.05) is 4.72 Å². The molecule has 14 heavy (non-hydrogen) atoms. The first-order chi connectivity index (χ1) is 6.58. The van der Waals surface area contributed by atoms with E-state index in [-0.39, 0.29) is 6.54 Å². The minimum atomic E-state index is -4.25. The van der Waals surface area contributed by atoms with Gasteiger partial charge in [-0.05, 0) is 38.9 Å². The van der Waals surface area contributed by atoms with E-state index in [0.717, 1.165) is 19.6 Å². The highest BCUT2D eigenvalue weighted by molar-refractivity contribution is 7.83. The van der Waals surface area contributed by atoms with E-state index in [0.29, 0.717) is 6.42 Å². The van der Waals surface area contributed by atoms with Crippen molar-refractivity contribution in [2.45, 2.75) is 25.7 Å². The summed E-state index contributed by atoms with van der Waals surface area (Å²) in [7, 11) is -4.25. The lowest BCUT2D eigenvalue weighted by Gasteiger charge is -2.26. The Kier molecular flexibility index (Phi) is 4.80. The molecule has 1 fully saturated rings. The zero-order valence-corrected chi connectivity index (χ0v) is 9.05. The number of nitrogens with zero attached hydrogens (tertiary/aromatic N) is 1. The maximum absolute atomic E-state index is 10.2. The van der Waals surface area contributed by atoms with Gasteiger partial charge in [0.25, 0.3) is 0 Å². The largest absolute Gasteiger partial charge is 0.735 e. The van der Waals surface area contributed by atoms with E-state index in [1.54, 1.807) is 0 Å². The van der Waals surface area contributed by atoms with Gasteiger partial charge in [-0.15, -0.1) is 0 Å². The molecule has 0 saturated carbocycles. The topological polar surface area (TPSA) is 72.5 Å². The van der Waals surface area contributed by atoms with Crippen LogP contribution in [0, 0.1) is 0 Å². The molecule has 1 saturated heterocycles. The van der Waals surface area contributed by atoms with E-state index >= 15 is 0 Å². The van der Waals surface area contributed by atoms with Crippen LogP contribution < -0.4 is 4.72 Å². The monoisotopic (exact) mass is 221 g/mol. The summed E-state index contributed by atoms with van der Waals surface area (Å²) >= 11 is 0. The van der Waals surface area contributed by atoms with Crippen LogP contribution in [0.1, 0.15) is 25.7 Å². The second kappa shape index (κ2) is 5.65. The molecule has 0 aromatic heterocycles. The van der Waals surface area contributed by atoms with Crippen molar-refractivity contribution in [1.82, 2.24) is 9.62 Å². The molecule has 0 bridgehead atoms. The Morgan fingerprint density at radius 2 is 1.86 bits per heavy atom. The van der Waals surface area contributed by atoms with Crippen molar-refractivity contribution in [2.75, 3.05) is 26.2 Å². The van der Waals surface area contributed by atoms with E-state index in [9.17, 15) is 13.0 Å². The lowest BCUT2D eigenvalue weighted by molar-refractivity contribution is 0.227. The molecule has 0 aliphatic carbocycles. The molecule has 0 spiro atoms. The third kappa shape index (κ3) is 5.54. The summed E-state index contributed by atoms with van der Waals surface area (Å²) < 4.78 is 32.6. The molecule has 5 nitrogen and oxygen atoms in total. The number of hydrogen-bond donors (Lipinski definition) is 1. The van der Waals surface area contributed by atoms with Crippen molar-refractivity contribution in [3.8, 4) is 0 Å². The molecule has 1 aliphatic heterocycles. The van der Waals surface area contributed by atoms with Gasteiger partial charge in [-0.25, -0.2) is 13.1 Å². The number of piperidine rings is 1. The van der Waals surface area contributed by atoms with Crippen LogP contribution in [0.3, 0.4) is 0 Å². The Hall–Kier alpha value is -0.170. The van der Waals surface area contributed by atoms with Crippen molar-refractivity contribution >= 4 is 10.3 Å². The maximum Gasteiger partial charge on any atom is 0.159 e. The summed E-state index contributed by atoms with van der Waals surface area (Å²) in [4.78, 5) is 2.31. The van der Waals surface area contributed by atoms with Gasteiger partial charge >= 0.3 is 0 Å². The minimum Gasteiger partial charge on any atom is -0.735 e. The van der Waals surface area contributed by atoms with Crippen LogP contribution in [0.2, 0.25) is 0 Å². The third-order valence-electron chi connectivity index (χ3n) is 2.38. The Labute approximate surface area is 85.4 Å². The van der Waals surface area contributed by atoms with E-state index in [4.69, 9.17) is 0 Å². The fourth-order valence-electron chi connectivity index (χ4n) is 1.68. The number of nitrogens with one attached hydrogen (secondary N) is 1. The molecule has 0 aromatic carbocycles. The SMILES string of the molecule is O=S(=O)([O-])NCCCN1CCCCC1. The van der Waals surface area contributed by atoms with Gasteiger partial charge in [0.15, 0.2) is 10.3 Å². The lowest BCUT2D eigenvalue weighted by Crippen LogP contribution is -2.33.